The minimum Gasteiger partial charge on any atom is -0.497 e. The van der Waals surface area contributed by atoms with Crippen LogP contribution in [0, 0.1) is 0 Å². The molecule has 0 spiro atoms. The van der Waals surface area contributed by atoms with E-state index in [1.807, 2.05) is 42.5 Å². The number of nitrogens with zero attached hydrogens (tertiary/aromatic N) is 1. The number of pyridine rings is 1. The number of hydrogen-bond acceptors (Lipinski definition) is 6. The Bertz CT molecular complexity index is 1380. The van der Waals surface area contributed by atoms with Crippen molar-refractivity contribution in [3.63, 3.8) is 0 Å². The molecule has 4 aromatic rings. The molecule has 1 amide bonds. The second-order valence-electron chi connectivity index (χ2n) is 7.56. The Hall–Kier alpha value is -4.52. The first kappa shape index (κ1) is 22.7. The lowest BCUT2D eigenvalue weighted by molar-refractivity contribution is -0.119. The van der Waals surface area contributed by atoms with Crippen molar-refractivity contribution in [2.45, 2.75) is 6.92 Å². The fourth-order valence-electron chi connectivity index (χ4n) is 3.48. The number of amides is 1. The van der Waals surface area contributed by atoms with Gasteiger partial charge in [-0.25, -0.2) is 9.78 Å². The number of carbonyl (C=O) groups excluding carboxylic acids is 3. The van der Waals surface area contributed by atoms with Gasteiger partial charge < -0.3 is 14.8 Å². The van der Waals surface area contributed by atoms with Crippen LogP contribution in [-0.4, -0.2) is 36.4 Å². The van der Waals surface area contributed by atoms with E-state index in [0.29, 0.717) is 39.2 Å². The van der Waals surface area contributed by atoms with Gasteiger partial charge in [-0.05, 0) is 55.5 Å². The number of methoxy groups -OCH3 is 1. The Morgan fingerprint density at radius 1 is 0.912 bits per heavy atom. The van der Waals surface area contributed by atoms with Gasteiger partial charge in [0.05, 0.1) is 23.9 Å². The van der Waals surface area contributed by atoms with Gasteiger partial charge in [0.1, 0.15) is 5.75 Å². The van der Waals surface area contributed by atoms with Crippen LogP contribution in [0.2, 0.25) is 0 Å². The number of benzene rings is 3. The lowest BCUT2D eigenvalue weighted by atomic mass is 10.0. The number of anilines is 1. The first-order valence-electron chi connectivity index (χ1n) is 10.6. The van der Waals surface area contributed by atoms with Crippen LogP contribution >= 0.6 is 0 Å². The van der Waals surface area contributed by atoms with Gasteiger partial charge in [-0.3, -0.25) is 9.59 Å². The van der Waals surface area contributed by atoms with Crippen molar-refractivity contribution in [1.82, 2.24) is 4.98 Å². The molecule has 0 fully saturated rings. The molecular weight excluding hydrogens is 432 g/mol. The van der Waals surface area contributed by atoms with Crippen molar-refractivity contribution in [1.29, 1.82) is 0 Å². The normalized spacial score (nSPS) is 10.5. The van der Waals surface area contributed by atoms with Crippen molar-refractivity contribution in [2.75, 3.05) is 19.0 Å². The lowest BCUT2D eigenvalue weighted by Crippen LogP contribution is -2.21. The molecule has 34 heavy (non-hydrogen) atoms. The van der Waals surface area contributed by atoms with E-state index in [4.69, 9.17) is 9.47 Å². The summed E-state index contributed by atoms with van der Waals surface area (Å²) in [5, 5.41) is 3.26. The Balaban J connectivity index is 1.54. The maximum atomic E-state index is 12.9. The third-order valence-corrected chi connectivity index (χ3v) is 5.21. The largest absolute Gasteiger partial charge is 0.497 e. The number of hydrogen-bond donors (Lipinski definition) is 1. The maximum absolute atomic E-state index is 12.9. The van der Waals surface area contributed by atoms with E-state index in [0.717, 1.165) is 5.56 Å². The van der Waals surface area contributed by atoms with Crippen LogP contribution in [0.15, 0.2) is 78.9 Å². The number of Topliss-reactive ketones (excluding diaryl/α,β-unsaturated/α-hetero) is 1. The minimum atomic E-state index is -0.638. The van der Waals surface area contributed by atoms with E-state index in [1.54, 1.807) is 43.5 Å². The van der Waals surface area contributed by atoms with Crippen LogP contribution in [0.4, 0.5) is 5.69 Å². The zero-order valence-electron chi connectivity index (χ0n) is 18.7. The van der Waals surface area contributed by atoms with E-state index in [1.165, 1.54) is 6.92 Å². The molecule has 1 heterocycles. The fourth-order valence-corrected chi connectivity index (χ4v) is 3.48. The first-order chi connectivity index (χ1) is 16.4. The molecule has 0 aliphatic rings. The Morgan fingerprint density at radius 3 is 2.41 bits per heavy atom. The molecule has 0 aliphatic carbocycles. The summed E-state index contributed by atoms with van der Waals surface area (Å²) in [6.07, 6.45) is 0. The van der Waals surface area contributed by atoms with E-state index in [2.05, 4.69) is 10.3 Å². The molecule has 3 aromatic carbocycles. The number of nitrogens with one attached hydrogen (secondary N) is 1. The van der Waals surface area contributed by atoms with E-state index < -0.39 is 18.5 Å². The van der Waals surface area contributed by atoms with E-state index in [9.17, 15) is 14.4 Å². The lowest BCUT2D eigenvalue weighted by Gasteiger charge is -2.11. The third kappa shape index (κ3) is 5.10. The number of esters is 1. The quantitative estimate of drug-likeness (QED) is 0.315. The molecule has 0 bridgehead atoms. The van der Waals surface area contributed by atoms with Crippen LogP contribution in [0.5, 0.6) is 5.75 Å². The van der Waals surface area contributed by atoms with Gasteiger partial charge in [0.2, 0.25) is 0 Å². The van der Waals surface area contributed by atoms with Crippen LogP contribution in [0.25, 0.3) is 22.2 Å². The van der Waals surface area contributed by atoms with E-state index >= 15 is 0 Å². The monoisotopic (exact) mass is 454 g/mol. The van der Waals surface area contributed by atoms with Crippen molar-refractivity contribution < 1.29 is 23.9 Å². The number of rotatable bonds is 7. The SMILES string of the molecule is COc1ccc(-c2cc(C(=O)OCC(=O)Nc3cccc(C(C)=O)c3)c3ccccc3n2)cc1. The Kier molecular flexibility index (Phi) is 6.64. The number of carbonyl (C=O) groups is 3. The predicted molar refractivity (Wildman–Crippen MR) is 129 cm³/mol. The summed E-state index contributed by atoms with van der Waals surface area (Å²) in [6.45, 7) is 0.972. The second-order valence-corrected chi connectivity index (χ2v) is 7.56. The van der Waals surface area contributed by atoms with E-state index in [-0.39, 0.29) is 5.78 Å². The van der Waals surface area contributed by atoms with Gasteiger partial charge >= 0.3 is 5.97 Å². The van der Waals surface area contributed by atoms with Gasteiger partial charge in [-0.15, -0.1) is 0 Å². The highest BCUT2D eigenvalue weighted by Gasteiger charge is 2.17. The standard InChI is InChI=1S/C27H22N2O5/c1-17(30)19-6-5-7-20(14-19)28-26(31)16-34-27(32)23-15-25(18-10-12-21(33-2)13-11-18)29-24-9-4-3-8-22(23)24/h3-15H,16H2,1-2H3,(H,28,31). The maximum Gasteiger partial charge on any atom is 0.339 e. The highest BCUT2D eigenvalue weighted by Crippen LogP contribution is 2.27. The Labute approximate surface area is 196 Å². The number of ether oxygens (including phenoxy) is 2. The van der Waals surface area contributed by atoms with Gasteiger partial charge in [-0.2, -0.15) is 0 Å². The molecule has 0 radical (unpaired) electrons. The molecule has 0 saturated carbocycles. The number of aromatic nitrogens is 1. The summed E-state index contributed by atoms with van der Waals surface area (Å²) >= 11 is 0. The second kappa shape index (κ2) is 9.95. The molecule has 1 N–H and O–H groups in total. The summed E-state index contributed by atoms with van der Waals surface area (Å²) in [6, 6.07) is 22.8. The third-order valence-electron chi connectivity index (χ3n) is 5.21. The average molecular weight is 454 g/mol. The predicted octanol–water partition coefficient (Wildman–Crippen LogP) is 4.91. The molecule has 170 valence electrons. The smallest absolute Gasteiger partial charge is 0.339 e. The first-order valence-corrected chi connectivity index (χ1v) is 10.6. The average Bonchev–Trinajstić information content (AvgIpc) is 2.86. The molecule has 7 heteroatoms. The van der Waals surface area contributed by atoms with Crippen LogP contribution in [0.3, 0.4) is 0 Å². The van der Waals surface area contributed by atoms with Gasteiger partial charge in [0, 0.05) is 22.2 Å². The summed E-state index contributed by atoms with van der Waals surface area (Å²) in [4.78, 5) is 41.5. The topological polar surface area (TPSA) is 94.6 Å². The van der Waals surface area contributed by atoms with Crippen LogP contribution in [0.1, 0.15) is 27.6 Å². The molecule has 4 rings (SSSR count). The van der Waals surface area contributed by atoms with Crippen molar-refractivity contribution in [3.05, 3.63) is 90.0 Å². The highest BCUT2D eigenvalue weighted by atomic mass is 16.5. The van der Waals surface area contributed by atoms with Gasteiger partial charge in [0.25, 0.3) is 5.91 Å². The van der Waals surface area contributed by atoms with Crippen LogP contribution < -0.4 is 10.1 Å². The molecule has 0 aliphatic heterocycles. The summed E-state index contributed by atoms with van der Waals surface area (Å²) in [5.41, 5.74) is 3.27. The molecule has 0 atom stereocenters. The fraction of sp³-hybridized carbons (Fsp3) is 0.111. The molecular formula is C27H22N2O5. The zero-order valence-corrected chi connectivity index (χ0v) is 18.7. The van der Waals surface area contributed by atoms with Crippen molar-refractivity contribution >= 4 is 34.3 Å². The summed E-state index contributed by atoms with van der Waals surface area (Å²) in [7, 11) is 1.59. The van der Waals surface area contributed by atoms with Crippen molar-refractivity contribution in [3.8, 4) is 17.0 Å². The molecule has 7 nitrogen and oxygen atoms in total. The minimum absolute atomic E-state index is 0.111. The molecule has 0 unspecified atom stereocenters. The molecule has 0 saturated heterocycles. The van der Waals surface area contributed by atoms with Crippen molar-refractivity contribution in [2.24, 2.45) is 0 Å². The number of para-hydroxylation sites is 1. The number of fused-ring (bicyclic) bond motifs is 1. The highest BCUT2D eigenvalue weighted by molar-refractivity contribution is 6.05. The zero-order chi connectivity index (χ0) is 24.1. The van der Waals surface area contributed by atoms with Gasteiger partial charge in [-0.1, -0.05) is 30.3 Å². The van der Waals surface area contributed by atoms with Crippen LogP contribution in [-0.2, 0) is 9.53 Å². The molecule has 1 aromatic heterocycles. The van der Waals surface area contributed by atoms with Gasteiger partial charge in [0.15, 0.2) is 12.4 Å². The summed E-state index contributed by atoms with van der Waals surface area (Å²) in [5.74, 6) is -0.549. The summed E-state index contributed by atoms with van der Waals surface area (Å²) < 4.78 is 10.5. The number of ketones is 1. The Morgan fingerprint density at radius 2 is 1.68 bits per heavy atom.